The zero-order valence-electron chi connectivity index (χ0n) is 11.8. The molecule has 2 N–H and O–H groups in total. The number of nitriles is 1. The quantitative estimate of drug-likeness (QED) is 0.887. The minimum atomic E-state index is -0.933. The highest BCUT2D eigenvalue weighted by atomic mass is 16.3. The van der Waals surface area contributed by atoms with Crippen LogP contribution in [0.5, 0.6) is 0 Å². The van der Waals surface area contributed by atoms with Gasteiger partial charge in [-0.25, -0.2) is 0 Å². The van der Waals surface area contributed by atoms with Crippen LogP contribution in [0.1, 0.15) is 30.7 Å². The predicted octanol–water partition coefficient (Wildman–Crippen LogP) is 2.33. The molecule has 0 bridgehead atoms. The summed E-state index contributed by atoms with van der Waals surface area (Å²) in [7, 11) is 3.97. The molecule has 0 aliphatic rings. The summed E-state index contributed by atoms with van der Waals surface area (Å²) < 4.78 is 0. The monoisotopic (exact) mass is 257 g/mol. The second-order valence-electron chi connectivity index (χ2n) is 5.65. The Balaban J connectivity index is 2.72. The number of rotatable bonds is 3. The lowest BCUT2D eigenvalue weighted by atomic mass is 9.99. The van der Waals surface area contributed by atoms with Crippen molar-refractivity contribution in [3.05, 3.63) is 35.0 Å². The Morgan fingerprint density at radius 1 is 1.37 bits per heavy atom. The number of benzene rings is 1. The summed E-state index contributed by atoms with van der Waals surface area (Å²) in [5.74, 6) is 0. The van der Waals surface area contributed by atoms with Crippen molar-refractivity contribution < 1.29 is 5.11 Å². The number of aromatic amines is 1. The molecule has 0 spiro atoms. The van der Waals surface area contributed by atoms with Crippen LogP contribution in [0.3, 0.4) is 0 Å². The fraction of sp³-hybridized carbons (Fsp3) is 0.400. The highest BCUT2D eigenvalue weighted by Gasteiger charge is 2.24. The van der Waals surface area contributed by atoms with Gasteiger partial charge in [-0.05, 0) is 51.7 Å². The first-order valence-electron chi connectivity index (χ1n) is 6.25. The topological polar surface area (TPSA) is 63.0 Å². The summed E-state index contributed by atoms with van der Waals surface area (Å²) in [6, 6.07) is 7.71. The normalized spacial score (nSPS) is 12.1. The minimum Gasteiger partial charge on any atom is -0.384 e. The molecule has 0 saturated carbocycles. The van der Waals surface area contributed by atoms with Crippen molar-refractivity contribution in [2.75, 3.05) is 14.1 Å². The van der Waals surface area contributed by atoms with Gasteiger partial charge in [0.15, 0.2) is 0 Å². The fourth-order valence-electron chi connectivity index (χ4n) is 2.32. The first kappa shape index (κ1) is 13.6. The lowest BCUT2D eigenvalue weighted by Gasteiger charge is -2.20. The molecule has 4 nitrogen and oxygen atoms in total. The van der Waals surface area contributed by atoms with Gasteiger partial charge in [-0.15, -0.1) is 0 Å². The molecule has 0 unspecified atom stereocenters. The van der Waals surface area contributed by atoms with Gasteiger partial charge < -0.3 is 15.0 Å². The van der Waals surface area contributed by atoms with Crippen LogP contribution >= 0.6 is 0 Å². The SMILES string of the molecule is CN(C)Cc1c(C(C)(C)O)[nH]c2ccc(C#N)cc12. The van der Waals surface area contributed by atoms with Gasteiger partial charge in [0.25, 0.3) is 0 Å². The second kappa shape index (κ2) is 4.69. The summed E-state index contributed by atoms with van der Waals surface area (Å²) in [6.07, 6.45) is 0. The Morgan fingerprint density at radius 3 is 2.58 bits per heavy atom. The van der Waals surface area contributed by atoms with E-state index in [4.69, 9.17) is 5.26 Å². The van der Waals surface area contributed by atoms with Gasteiger partial charge in [-0.1, -0.05) is 0 Å². The van der Waals surface area contributed by atoms with E-state index in [9.17, 15) is 5.11 Å². The molecular weight excluding hydrogens is 238 g/mol. The molecule has 2 aromatic rings. The standard InChI is InChI=1S/C15H19N3O/c1-15(2,19)14-12(9-18(3)4)11-7-10(8-16)5-6-13(11)17-14/h5-7,17,19H,9H2,1-4H3. The molecule has 2 rings (SSSR count). The number of hydrogen-bond acceptors (Lipinski definition) is 3. The highest BCUT2D eigenvalue weighted by molar-refractivity contribution is 5.86. The second-order valence-corrected chi connectivity index (χ2v) is 5.65. The Morgan fingerprint density at radius 2 is 2.05 bits per heavy atom. The van der Waals surface area contributed by atoms with E-state index in [1.54, 1.807) is 19.9 Å². The smallest absolute Gasteiger partial charge is 0.0991 e. The molecule has 1 heterocycles. The van der Waals surface area contributed by atoms with E-state index in [-0.39, 0.29) is 0 Å². The van der Waals surface area contributed by atoms with Crippen molar-refractivity contribution in [2.45, 2.75) is 26.0 Å². The molecule has 100 valence electrons. The van der Waals surface area contributed by atoms with E-state index in [1.807, 2.05) is 26.2 Å². The zero-order valence-corrected chi connectivity index (χ0v) is 11.8. The number of nitrogens with one attached hydrogen (secondary N) is 1. The zero-order chi connectivity index (χ0) is 14.2. The van der Waals surface area contributed by atoms with Gasteiger partial charge in [0.05, 0.1) is 22.9 Å². The average molecular weight is 257 g/mol. The van der Waals surface area contributed by atoms with E-state index < -0.39 is 5.60 Å². The number of hydrogen-bond donors (Lipinski definition) is 2. The van der Waals surface area contributed by atoms with Crippen LogP contribution in [0, 0.1) is 11.3 Å². The molecule has 0 amide bonds. The van der Waals surface area contributed by atoms with E-state index in [0.29, 0.717) is 12.1 Å². The lowest BCUT2D eigenvalue weighted by molar-refractivity contribution is 0.0731. The number of aliphatic hydroxyl groups is 1. The number of fused-ring (bicyclic) bond motifs is 1. The molecule has 1 aromatic carbocycles. The number of aromatic nitrogens is 1. The molecule has 0 aliphatic carbocycles. The first-order chi connectivity index (χ1) is 8.82. The predicted molar refractivity (Wildman–Crippen MR) is 75.6 cm³/mol. The Labute approximate surface area is 113 Å². The molecule has 0 saturated heterocycles. The largest absolute Gasteiger partial charge is 0.384 e. The lowest BCUT2D eigenvalue weighted by Crippen LogP contribution is -2.21. The van der Waals surface area contributed by atoms with Gasteiger partial charge in [-0.3, -0.25) is 0 Å². The molecule has 4 heteroatoms. The Kier molecular flexibility index (Phi) is 3.36. The van der Waals surface area contributed by atoms with Crippen molar-refractivity contribution in [1.82, 2.24) is 9.88 Å². The van der Waals surface area contributed by atoms with Crippen LogP contribution in [0.4, 0.5) is 0 Å². The van der Waals surface area contributed by atoms with Gasteiger partial charge in [0.1, 0.15) is 0 Å². The maximum absolute atomic E-state index is 10.3. The Bertz CT molecular complexity index is 642. The molecule has 0 fully saturated rings. The van der Waals surface area contributed by atoms with Crippen LogP contribution in [0.25, 0.3) is 10.9 Å². The van der Waals surface area contributed by atoms with Crippen LogP contribution in [-0.2, 0) is 12.1 Å². The molecule has 0 radical (unpaired) electrons. The Hall–Kier alpha value is -1.83. The third-order valence-corrected chi connectivity index (χ3v) is 3.12. The number of nitrogens with zero attached hydrogens (tertiary/aromatic N) is 2. The molecule has 19 heavy (non-hydrogen) atoms. The van der Waals surface area contributed by atoms with Crippen molar-refractivity contribution in [2.24, 2.45) is 0 Å². The van der Waals surface area contributed by atoms with Crippen LogP contribution in [0.15, 0.2) is 18.2 Å². The van der Waals surface area contributed by atoms with Crippen molar-refractivity contribution in [3.63, 3.8) is 0 Å². The van der Waals surface area contributed by atoms with Gasteiger partial charge in [0.2, 0.25) is 0 Å². The van der Waals surface area contributed by atoms with Crippen molar-refractivity contribution in [1.29, 1.82) is 5.26 Å². The maximum Gasteiger partial charge on any atom is 0.0991 e. The summed E-state index contributed by atoms with van der Waals surface area (Å²) in [6.45, 7) is 4.25. The van der Waals surface area contributed by atoms with Gasteiger partial charge >= 0.3 is 0 Å². The summed E-state index contributed by atoms with van der Waals surface area (Å²) in [5, 5.41) is 20.3. The van der Waals surface area contributed by atoms with Crippen molar-refractivity contribution in [3.8, 4) is 6.07 Å². The van der Waals surface area contributed by atoms with Crippen LogP contribution in [0.2, 0.25) is 0 Å². The van der Waals surface area contributed by atoms with E-state index in [1.165, 1.54) is 0 Å². The summed E-state index contributed by atoms with van der Waals surface area (Å²) in [5.41, 5.74) is 2.51. The van der Waals surface area contributed by atoms with Gasteiger partial charge in [0, 0.05) is 17.4 Å². The fourth-order valence-corrected chi connectivity index (χ4v) is 2.32. The third-order valence-electron chi connectivity index (χ3n) is 3.12. The molecule has 0 aliphatic heterocycles. The minimum absolute atomic E-state index is 0.633. The van der Waals surface area contributed by atoms with E-state index >= 15 is 0 Å². The molecule has 1 aromatic heterocycles. The third kappa shape index (κ3) is 2.62. The van der Waals surface area contributed by atoms with Crippen molar-refractivity contribution >= 4 is 10.9 Å². The van der Waals surface area contributed by atoms with Crippen LogP contribution in [-0.4, -0.2) is 29.1 Å². The maximum atomic E-state index is 10.3. The molecular formula is C15H19N3O. The summed E-state index contributed by atoms with van der Waals surface area (Å²) in [4.78, 5) is 5.33. The molecule has 0 atom stereocenters. The van der Waals surface area contributed by atoms with E-state index in [0.717, 1.165) is 22.2 Å². The van der Waals surface area contributed by atoms with Crippen LogP contribution < -0.4 is 0 Å². The summed E-state index contributed by atoms with van der Waals surface area (Å²) >= 11 is 0. The first-order valence-corrected chi connectivity index (χ1v) is 6.25. The number of H-pyrrole nitrogens is 1. The highest BCUT2D eigenvalue weighted by Crippen LogP contribution is 2.31. The van der Waals surface area contributed by atoms with Gasteiger partial charge in [-0.2, -0.15) is 5.26 Å². The average Bonchev–Trinajstić information content (AvgIpc) is 2.66. The van der Waals surface area contributed by atoms with E-state index in [2.05, 4.69) is 16.0 Å².